The Morgan fingerprint density at radius 2 is 0.733 bits per heavy atom. The topological polar surface area (TPSA) is 25.8 Å². The number of hydrogen-bond acceptors (Lipinski definition) is 2. The van der Waals surface area contributed by atoms with Crippen molar-refractivity contribution < 1.29 is 0 Å². The highest BCUT2D eigenvalue weighted by Crippen LogP contribution is 2.34. The summed E-state index contributed by atoms with van der Waals surface area (Å²) in [4.78, 5) is 9.23. The predicted octanol–water partition coefficient (Wildman–Crippen LogP) is 7.14. The van der Waals surface area contributed by atoms with Crippen molar-refractivity contribution >= 4 is 0 Å². The Balaban J connectivity index is 1.64. The highest BCUT2D eigenvalue weighted by atomic mass is 14.8. The minimum absolute atomic E-state index is 0.919. The van der Waals surface area contributed by atoms with Gasteiger partial charge in [-0.2, -0.15) is 0 Å². The maximum Gasteiger partial charge on any atom is 0.116 e. The lowest BCUT2D eigenvalue weighted by molar-refractivity contribution is 1.18. The first-order valence-electron chi connectivity index (χ1n) is 10.0. The van der Waals surface area contributed by atoms with Gasteiger partial charge >= 0.3 is 0 Å². The van der Waals surface area contributed by atoms with Crippen LogP contribution in [0.2, 0.25) is 0 Å². The van der Waals surface area contributed by atoms with Gasteiger partial charge in [0.1, 0.15) is 6.33 Å². The van der Waals surface area contributed by atoms with Crippen LogP contribution < -0.4 is 0 Å². The van der Waals surface area contributed by atoms with Gasteiger partial charge in [-0.25, -0.2) is 9.97 Å². The van der Waals surface area contributed by atoms with Crippen LogP contribution >= 0.6 is 0 Å². The quantitative estimate of drug-likeness (QED) is 0.329. The molecule has 142 valence electrons. The molecule has 30 heavy (non-hydrogen) atoms. The Kier molecular flexibility index (Phi) is 4.89. The van der Waals surface area contributed by atoms with Crippen molar-refractivity contribution in [1.82, 2.24) is 9.97 Å². The van der Waals surface area contributed by atoms with Crippen LogP contribution in [0, 0.1) is 0 Å². The smallest absolute Gasteiger partial charge is 0.116 e. The average Bonchev–Trinajstić information content (AvgIpc) is 2.85. The lowest BCUT2D eigenvalue weighted by atomic mass is 9.95. The highest BCUT2D eigenvalue weighted by Gasteiger charge is 2.12. The van der Waals surface area contributed by atoms with Gasteiger partial charge in [-0.15, -0.1) is 0 Å². The Hall–Kier alpha value is -4.04. The van der Waals surface area contributed by atoms with Crippen LogP contribution in [0.1, 0.15) is 0 Å². The normalized spacial score (nSPS) is 10.7. The molecule has 0 N–H and O–H groups in total. The Bertz CT molecular complexity index is 1180. The summed E-state index contributed by atoms with van der Waals surface area (Å²) in [5.74, 6) is 0. The SMILES string of the molecule is c1ccc(-c2ccccc2-c2cc(-c3ccccc3-c3ccccc3)ncn2)cc1. The van der Waals surface area contributed by atoms with E-state index in [0.717, 1.165) is 22.5 Å². The largest absolute Gasteiger partial charge is 0.236 e. The van der Waals surface area contributed by atoms with Gasteiger partial charge in [-0.1, -0.05) is 109 Å². The molecule has 5 aromatic rings. The van der Waals surface area contributed by atoms with Gasteiger partial charge in [-0.3, -0.25) is 0 Å². The zero-order valence-corrected chi connectivity index (χ0v) is 16.4. The summed E-state index contributed by atoms with van der Waals surface area (Å²) in [5.41, 5.74) is 8.73. The second kappa shape index (κ2) is 8.14. The molecule has 0 fully saturated rings. The molecule has 5 rings (SSSR count). The highest BCUT2D eigenvalue weighted by molar-refractivity contribution is 5.86. The first kappa shape index (κ1) is 18.0. The molecule has 0 bridgehead atoms. The molecule has 0 atom stereocenters. The summed E-state index contributed by atoms with van der Waals surface area (Å²) in [6.07, 6.45) is 1.66. The van der Waals surface area contributed by atoms with Gasteiger partial charge in [-0.05, 0) is 28.3 Å². The first-order chi connectivity index (χ1) is 14.9. The van der Waals surface area contributed by atoms with Crippen LogP contribution in [-0.2, 0) is 0 Å². The third-order valence-electron chi connectivity index (χ3n) is 5.24. The minimum Gasteiger partial charge on any atom is -0.236 e. The number of benzene rings is 4. The number of aromatic nitrogens is 2. The zero-order valence-electron chi connectivity index (χ0n) is 16.4. The molecule has 0 radical (unpaired) electrons. The molecule has 1 aromatic heterocycles. The molecular weight excluding hydrogens is 364 g/mol. The summed E-state index contributed by atoms with van der Waals surface area (Å²) < 4.78 is 0. The molecular formula is C28H20N2. The lowest BCUT2D eigenvalue weighted by Gasteiger charge is -2.12. The van der Waals surface area contributed by atoms with E-state index >= 15 is 0 Å². The molecule has 0 aliphatic heterocycles. The van der Waals surface area contributed by atoms with E-state index in [1.807, 2.05) is 12.1 Å². The summed E-state index contributed by atoms with van der Waals surface area (Å²) in [5, 5.41) is 0. The zero-order chi connectivity index (χ0) is 20.2. The average molecular weight is 384 g/mol. The second-order valence-electron chi connectivity index (χ2n) is 7.11. The van der Waals surface area contributed by atoms with E-state index in [1.165, 1.54) is 22.3 Å². The van der Waals surface area contributed by atoms with E-state index < -0.39 is 0 Å². The number of hydrogen-bond donors (Lipinski definition) is 0. The molecule has 0 saturated carbocycles. The fourth-order valence-electron chi connectivity index (χ4n) is 3.80. The number of rotatable bonds is 4. The van der Waals surface area contributed by atoms with E-state index in [9.17, 15) is 0 Å². The van der Waals surface area contributed by atoms with Gasteiger partial charge < -0.3 is 0 Å². The standard InChI is InChI=1S/C28H20N2/c1-3-11-21(12-4-1)23-15-7-9-17-25(23)27-19-28(30-20-29-27)26-18-10-8-16-24(26)22-13-5-2-6-14-22/h1-20H. The summed E-state index contributed by atoms with van der Waals surface area (Å²) >= 11 is 0. The van der Waals surface area contributed by atoms with Crippen LogP contribution in [0.25, 0.3) is 44.8 Å². The molecule has 0 saturated heterocycles. The van der Waals surface area contributed by atoms with E-state index in [1.54, 1.807) is 6.33 Å². The Morgan fingerprint density at radius 1 is 0.367 bits per heavy atom. The van der Waals surface area contributed by atoms with Gasteiger partial charge in [0.05, 0.1) is 11.4 Å². The third-order valence-corrected chi connectivity index (χ3v) is 5.24. The second-order valence-corrected chi connectivity index (χ2v) is 7.11. The van der Waals surface area contributed by atoms with Crippen molar-refractivity contribution in [3.05, 3.63) is 122 Å². The fraction of sp³-hybridized carbons (Fsp3) is 0. The molecule has 4 aromatic carbocycles. The van der Waals surface area contributed by atoms with Crippen molar-refractivity contribution in [2.24, 2.45) is 0 Å². The van der Waals surface area contributed by atoms with Gasteiger partial charge in [0.15, 0.2) is 0 Å². The first-order valence-corrected chi connectivity index (χ1v) is 10.0. The number of nitrogens with zero attached hydrogens (tertiary/aromatic N) is 2. The monoisotopic (exact) mass is 384 g/mol. The predicted molar refractivity (Wildman–Crippen MR) is 124 cm³/mol. The van der Waals surface area contributed by atoms with Crippen molar-refractivity contribution in [1.29, 1.82) is 0 Å². The van der Waals surface area contributed by atoms with Gasteiger partial charge in [0, 0.05) is 11.1 Å². The van der Waals surface area contributed by atoms with Crippen molar-refractivity contribution in [3.63, 3.8) is 0 Å². The van der Waals surface area contributed by atoms with Crippen LogP contribution in [0.15, 0.2) is 122 Å². The van der Waals surface area contributed by atoms with Gasteiger partial charge in [0.2, 0.25) is 0 Å². The van der Waals surface area contributed by atoms with E-state index in [4.69, 9.17) is 0 Å². The molecule has 0 amide bonds. The summed E-state index contributed by atoms with van der Waals surface area (Å²) in [6, 6.07) is 39.7. The lowest BCUT2D eigenvalue weighted by Crippen LogP contribution is -1.93. The van der Waals surface area contributed by atoms with Crippen LogP contribution in [0.4, 0.5) is 0 Å². The Morgan fingerprint density at radius 3 is 1.17 bits per heavy atom. The summed E-state index contributed by atoms with van der Waals surface area (Å²) in [6.45, 7) is 0. The maximum atomic E-state index is 4.61. The van der Waals surface area contributed by atoms with Crippen molar-refractivity contribution in [3.8, 4) is 44.8 Å². The maximum absolute atomic E-state index is 4.61. The fourth-order valence-corrected chi connectivity index (χ4v) is 3.80. The minimum atomic E-state index is 0.919. The van der Waals surface area contributed by atoms with Crippen molar-refractivity contribution in [2.45, 2.75) is 0 Å². The van der Waals surface area contributed by atoms with E-state index in [-0.39, 0.29) is 0 Å². The molecule has 2 heteroatoms. The van der Waals surface area contributed by atoms with Crippen LogP contribution in [0.3, 0.4) is 0 Å². The summed E-state index contributed by atoms with van der Waals surface area (Å²) in [7, 11) is 0. The molecule has 0 aliphatic carbocycles. The van der Waals surface area contributed by atoms with Crippen LogP contribution in [0.5, 0.6) is 0 Å². The van der Waals surface area contributed by atoms with E-state index in [0.29, 0.717) is 0 Å². The molecule has 0 spiro atoms. The van der Waals surface area contributed by atoms with E-state index in [2.05, 4.69) is 113 Å². The van der Waals surface area contributed by atoms with Crippen LogP contribution in [-0.4, -0.2) is 9.97 Å². The Labute approximate surface area is 176 Å². The molecule has 0 unspecified atom stereocenters. The molecule has 2 nitrogen and oxygen atoms in total. The molecule has 0 aliphatic rings. The van der Waals surface area contributed by atoms with Gasteiger partial charge in [0.25, 0.3) is 0 Å². The third kappa shape index (κ3) is 3.51. The van der Waals surface area contributed by atoms with Crippen molar-refractivity contribution in [2.75, 3.05) is 0 Å². The molecule has 1 heterocycles.